The first-order valence-electron chi connectivity index (χ1n) is 6.65. The first-order valence-corrected chi connectivity index (χ1v) is 7.03. The van der Waals surface area contributed by atoms with Crippen LogP contribution in [0.3, 0.4) is 0 Å². The quantitative estimate of drug-likeness (QED) is 0.599. The molecule has 1 aromatic carbocycles. The van der Waals surface area contributed by atoms with Gasteiger partial charge in [-0.05, 0) is 25.1 Å². The Morgan fingerprint density at radius 3 is 3.00 bits per heavy atom. The predicted molar refractivity (Wildman–Crippen MR) is 79.1 cm³/mol. The molecule has 0 aliphatic heterocycles. The maximum atomic E-state index is 11.2. The number of amides is 1. The van der Waals surface area contributed by atoms with Crippen molar-refractivity contribution in [1.82, 2.24) is 10.6 Å². The van der Waals surface area contributed by atoms with Crippen molar-refractivity contribution < 1.29 is 14.6 Å². The number of aliphatic hydroxyl groups excluding tert-OH is 1. The summed E-state index contributed by atoms with van der Waals surface area (Å²) in [6.07, 6.45) is -0.237. The molecule has 6 heteroatoms. The molecule has 5 nitrogen and oxygen atoms in total. The topological polar surface area (TPSA) is 70.6 Å². The number of nitrogens with one attached hydrogen (secondary N) is 2. The average Bonchev–Trinajstić information content (AvgIpc) is 2.42. The number of aliphatic hydroxyl groups is 1. The van der Waals surface area contributed by atoms with Crippen LogP contribution < -0.4 is 15.4 Å². The highest BCUT2D eigenvalue weighted by molar-refractivity contribution is 6.30. The summed E-state index contributed by atoms with van der Waals surface area (Å²) in [4.78, 5) is 11.2. The van der Waals surface area contributed by atoms with E-state index in [9.17, 15) is 9.90 Å². The zero-order valence-electron chi connectivity index (χ0n) is 11.6. The number of benzene rings is 1. The van der Waals surface area contributed by atoms with Crippen LogP contribution in [0.1, 0.15) is 13.3 Å². The minimum absolute atomic E-state index is 0.00432. The molecule has 1 unspecified atom stereocenters. The molecule has 1 atom stereocenters. The lowest BCUT2D eigenvalue weighted by atomic mass is 10.3. The second-order valence-electron chi connectivity index (χ2n) is 4.33. The fraction of sp³-hybridized carbons (Fsp3) is 0.500. The highest BCUT2D eigenvalue weighted by Gasteiger charge is 2.06. The standard InChI is InChI=1S/C14H21ClN2O3/c1-2-17-14(19)6-7-16-9-12(18)10-20-13-5-3-4-11(15)8-13/h3-5,8,12,16,18H,2,6-7,9-10H2,1H3,(H,17,19). The minimum atomic E-state index is -0.636. The summed E-state index contributed by atoms with van der Waals surface area (Å²) in [5.41, 5.74) is 0. The summed E-state index contributed by atoms with van der Waals surface area (Å²) >= 11 is 5.83. The Morgan fingerprint density at radius 2 is 2.30 bits per heavy atom. The van der Waals surface area contributed by atoms with E-state index in [1.54, 1.807) is 24.3 Å². The first-order chi connectivity index (χ1) is 9.61. The van der Waals surface area contributed by atoms with Gasteiger partial charge >= 0.3 is 0 Å². The van der Waals surface area contributed by atoms with Gasteiger partial charge in [0, 0.05) is 31.1 Å². The molecule has 0 aromatic heterocycles. The van der Waals surface area contributed by atoms with Gasteiger partial charge in [-0.2, -0.15) is 0 Å². The van der Waals surface area contributed by atoms with Gasteiger partial charge in [-0.15, -0.1) is 0 Å². The molecule has 0 saturated carbocycles. The van der Waals surface area contributed by atoms with E-state index in [-0.39, 0.29) is 12.5 Å². The molecule has 20 heavy (non-hydrogen) atoms. The first kappa shape index (κ1) is 16.8. The molecule has 0 fully saturated rings. The molecule has 1 rings (SSSR count). The zero-order chi connectivity index (χ0) is 14.8. The summed E-state index contributed by atoms with van der Waals surface area (Å²) in [7, 11) is 0. The van der Waals surface area contributed by atoms with E-state index in [4.69, 9.17) is 16.3 Å². The number of hydrogen-bond donors (Lipinski definition) is 3. The molecular weight excluding hydrogens is 280 g/mol. The predicted octanol–water partition coefficient (Wildman–Crippen LogP) is 1.20. The van der Waals surface area contributed by atoms with Crippen molar-refractivity contribution in [3.05, 3.63) is 29.3 Å². The highest BCUT2D eigenvalue weighted by Crippen LogP contribution is 2.17. The third-order valence-corrected chi connectivity index (χ3v) is 2.76. The molecular formula is C14H21ClN2O3. The van der Waals surface area contributed by atoms with Gasteiger partial charge in [-0.3, -0.25) is 4.79 Å². The molecule has 0 spiro atoms. The second kappa shape index (κ2) is 9.58. The largest absolute Gasteiger partial charge is 0.491 e. The van der Waals surface area contributed by atoms with Gasteiger partial charge in [-0.25, -0.2) is 0 Å². The van der Waals surface area contributed by atoms with Crippen molar-refractivity contribution in [2.24, 2.45) is 0 Å². The van der Waals surface area contributed by atoms with Gasteiger partial charge in [0.2, 0.25) is 5.91 Å². The normalized spacial score (nSPS) is 11.9. The van der Waals surface area contributed by atoms with E-state index >= 15 is 0 Å². The van der Waals surface area contributed by atoms with Gasteiger partial charge < -0.3 is 20.5 Å². The zero-order valence-corrected chi connectivity index (χ0v) is 12.3. The summed E-state index contributed by atoms with van der Waals surface area (Å²) < 4.78 is 5.41. The van der Waals surface area contributed by atoms with E-state index in [1.165, 1.54) is 0 Å². The van der Waals surface area contributed by atoms with Crippen LogP contribution in [0.4, 0.5) is 0 Å². The fourth-order valence-electron chi connectivity index (χ4n) is 1.56. The molecule has 0 heterocycles. The number of ether oxygens (including phenoxy) is 1. The van der Waals surface area contributed by atoms with E-state index in [2.05, 4.69) is 10.6 Å². The number of hydrogen-bond acceptors (Lipinski definition) is 4. The number of carbonyl (C=O) groups excluding carboxylic acids is 1. The molecule has 0 aliphatic rings. The van der Waals surface area contributed by atoms with E-state index < -0.39 is 6.10 Å². The fourth-order valence-corrected chi connectivity index (χ4v) is 1.74. The van der Waals surface area contributed by atoms with Crippen molar-refractivity contribution in [3.63, 3.8) is 0 Å². The molecule has 1 aromatic rings. The summed E-state index contributed by atoms with van der Waals surface area (Å²) in [6, 6.07) is 7.01. The van der Waals surface area contributed by atoms with Gasteiger partial charge in [0.25, 0.3) is 0 Å². The van der Waals surface area contributed by atoms with Gasteiger partial charge in [0.15, 0.2) is 0 Å². The van der Waals surface area contributed by atoms with Crippen molar-refractivity contribution in [2.45, 2.75) is 19.4 Å². The van der Waals surface area contributed by atoms with Crippen molar-refractivity contribution in [1.29, 1.82) is 0 Å². The van der Waals surface area contributed by atoms with Gasteiger partial charge in [0.1, 0.15) is 18.5 Å². The Morgan fingerprint density at radius 1 is 1.50 bits per heavy atom. The van der Waals surface area contributed by atoms with Crippen molar-refractivity contribution >= 4 is 17.5 Å². The summed E-state index contributed by atoms with van der Waals surface area (Å²) in [5, 5.41) is 16.0. The lowest BCUT2D eigenvalue weighted by molar-refractivity contribution is -0.120. The number of carbonyl (C=O) groups is 1. The molecule has 0 aliphatic carbocycles. The minimum Gasteiger partial charge on any atom is -0.491 e. The Hall–Kier alpha value is -1.30. The lowest BCUT2D eigenvalue weighted by Gasteiger charge is -2.13. The Bertz CT molecular complexity index is 415. The SMILES string of the molecule is CCNC(=O)CCNCC(O)COc1cccc(Cl)c1. The van der Waals surface area contributed by atoms with Crippen molar-refractivity contribution in [2.75, 3.05) is 26.2 Å². The van der Waals surface area contributed by atoms with Crippen LogP contribution >= 0.6 is 11.6 Å². The van der Waals surface area contributed by atoms with E-state index in [0.29, 0.717) is 36.8 Å². The average molecular weight is 301 g/mol. The third-order valence-electron chi connectivity index (χ3n) is 2.52. The molecule has 0 saturated heterocycles. The smallest absolute Gasteiger partial charge is 0.221 e. The maximum absolute atomic E-state index is 11.2. The van der Waals surface area contributed by atoms with Crippen LogP contribution in [0.15, 0.2) is 24.3 Å². The molecule has 0 radical (unpaired) electrons. The Kier molecular flexibility index (Phi) is 8.02. The van der Waals surface area contributed by atoms with E-state index in [0.717, 1.165) is 0 Å². The second-order valence-corrected chi connectivity index (χ2v) is 4.77. The Balaban J connectivity index is 2.11. The van der Waals surface area contributed by atoms with Gasteiger partial charge in [-0.1, -0.05) is 17.7 Å². The molecule has 3 N–H and O–H groups in total. The van der Waals surface area contributed by atoms with E-state index in [1.807, 2.05) is 6.92 Å². The third kappa shape index (κ3) is 7.33. The number of halogens is 1. The van der Waals surface area contributed by atoms with Crippen LogP contribution in [0.5, 0.6) is 5.75 Å². The van der Waals surface area contributed by atoms with Crippen LogP contribution in [-0.2, 0) is 4.79 Å². The highest BCUT2D eigenvalue weighted by atomic mass is 35.5. The van der Waals surface area contributed by atoms with Crippen LogP contribution in [-0.4, -0.2) is 43.4 Å². The molecule has 0 bridgehead atoms. The number of rotatable bonds is 9. The molecule has 112 valence electrons. The summed E-state index contributed by atoms with van der Waals surface area (Å²) in [5.74, 6) is 0.628. The van der Waals surface area contributed by atoms with Crippen LogP contribution in [0.2, 0.25) is 5.02 Å². The Labute approximate surface area is 124 Å². The summed E-state index contributed by atoms with van der Waals surface area (Å²) in [6.45, 7) is 3.59. The molecule has 1 amide bonds. The van der Waals surface area contributed by atoms with Crippen LogP contribution in [0, 0.1) is 0 Å². The van der Waals surface area contributed by atoms with Crippen LogP contribution in [0.25, 0.3) is 0 Å². The van der Waals surface area contributed by atoms with Crippen molar-refractivity contribution in [3.8, 4) is 5.75 Å². The lowest BCUT2D eigenvalue weighted by Crippen LogP contribution is -2.34. The van der Waals surface area contributed by atoms with Gasteiger partial charge in [0.05, 0.1) is 0 Å². The monoisotopic (exact) mass is 300 g/mol. The maximum Gasteiger partial charge on any atom is 0.221 e.